The lowest BCUT2D eigenvalue weighted by Gasteiger charge is -2.36. The summed E-state index contributed by atoms with van der Waals surface area (Å²) in [6.45, 7) is 5.01. The van der Waals surface area contributed by atoms with Gasteiger partial charge in [-0.15, -0.1) is 0 Å². The van der Waals surface area contributed by atoms with Crippen molar-refractivity contribution in [2.75, 3.05) is 36.8 Å². The Labute approximate surface area is 198 Å². The lowest BCUT2D eigenvalue weighted by molar-refractivity contribution is 0.0747. The standard InChI is InChI=1S/C27H26N6O/c1-19-25(22-11-12-24(28)29-17-22)26(31-18-30-19)20-7-9-21(10-8-20)27(34)33-15-13-32(14-16-33)23-5-3-2-4-6-23/h2-12,17-18H,13-16H2,1H3,(H2,28,29). The molecule has 0 atom stereocenters. The molecule has 1 saturated heterocycles. The minimum absolute atomic E-state index is 0.0566. The van der Waals surface area contributed by atoms with Crippen LogP contribution in [-0.2, 0) is 0 Å². The zero-order chi connectivity index (χ0) is 23.5. The number of para-hydroxylation sites is 1. The van der Waals surface area contributed by atoms with Crippen LogP contribution in [0.5, 0.6) is 0 Å². The van der Waals surface area contributed by atoms with E-state index < -0.39 is 0 Å². The van der Waals surface area contributed by atoms with Crippen molar-refractivity contribution in [1.82, 2.24) is 19.9 Å². The number of hydrogen-bond acceptors (Lipinski definition) is 6. The molecule has 5 rings (SSSR count). The van der Waals surface area contributed by atoms with Crippen LogP contribution in [0.3, 0.4) is 0 Å². The van der Waals surface area contributed by atoms with E-state index in [0.29, 0.717) is 24.5 Å². The van der Waals surface area contributed by atoms with Crippen LogP contribution in [0.2, 0.25) is 0 Å². The van der Waals surface area contributed by atoms with Gasteiger partial charge in [0.15, 0.2) is 0 Å². The molecule has 2 aromatic heterocycles. The quantitative estimate of drug-likeness (QED) is 0.505. The van der Waals surface area contributed by atoms with Gasteiger partial charge in [-0.1, -0.05) is 30.3 Å². The molecular formula is C27H26N6O. The molecule has 0 radical (unpaired) electrons. The number of carbonyl (C=O) groups excluding carboxylic acids is 1. The summed E-state index contributed by atoms with van der Waals surface area (Å²) in [5, 5.41) is 0. The molecule has 34 heavy (non-hydrogen) atoms. The van der Waals surface area contributed by atoms with Crippen molar-refractivity contribution >= 4 is 17.4 Å². The third-order valence-corrected chi connectivity index (χ3v) is 6.21. The van der Waals surface area contributed by atoms with E-state index in [1.54, 1.807) is 18.6 Å². The summed E-state index contributed by atoms with van der Waals surface area (Å²) in [5.41, 5.74) is 12.0. The molecule has 170 valence electrons. The Bertz CT molecular complexity index is 1280. The first-order chi connectivity index (χ1) is 16.6. The number of rotatable bonds is 4. The van der Waals surface area contributed by atoms with Crippen molar-refractivity contribution in [3.8, 4) is 22.4 Å². The Hall–Kier alpha value is -4.26. The van der Waals surface area contributed by atoms with Gasteiger partial charge >= 0.3 is 0 Å². The van der Waals surface area contributed by atoms with Gasteiger partial charge < -0.3 is 15.5 Å². The highest BCUT2D eigenvalue weighted by atomic mass is 16.2. The molecule has 2 N–H and O–H groups in total. The van der Waals surface area contributed by atoms with Gasteiger partial charge in [0.05, 0.1) is 5.69 Å². The predicted octanol–water partition coefficient (Wildman–Crippen LogP) is 4.06. The fraction of sp³-hybridized carbons (Fsp3) is 0.185. The van der Waals surface area contributed by atoms with Gasteiger partial charge in [0.2, 0.25) is 0 Å². The topological polar surface area (TPSA) is 88.2 Å². The Balaban J connectivity index is 1.33. The average Bonchev–Trinajstić information content (AvgIpc) is 2.89. The van der Waals surface area contributed by atoms with Gasteiger partial charge in [0.25, 0.3) is 5.91 Å². The van der Waals surface area contributed by atoms with Crippen molar-refractivity contribution < 1.29 is 4.79 Å². The number of carbonyl (C=O) groups is 1. The molecule has 0 spiro atoms. The highest BCUT2D eigenvalue weighted by Gasteiger charge is 2.22. The zero-order valence-corrected chi connectivity index (χ0v) is 19.1. The minimum atomic E-state index is 0.0566. The molecule has 4 aromatic rings. The fourth-order valence-corrected chi connectivity index (χ4v) is 4.35. The maximum absolute atomic E-state index is 13.1. The lowest BCUT2D eigenvalue weighted by atomic mass is 9.98. The summed E-state index contributed by atoms with van der Waals surface area (Å²) in [4.78, 5) is 30.5. The molecular weight excluding hydrogens is 424 g/mol. The van der Waals surface area contributed by atoms with Gasteiger partial charge in [0, 0.05) is 66.0 Å². The number of pyridine rings is 1. The number of hydrogen-bond donors (Lipinski definition) is 1. The van der Waals surface area contributed by atoms with Crippen LogP contribution in [0.25, 0.3) is 22.4 Å². The fourth-order valence-electron chi connectivity index (χ4n) is 4.35. The Morgan fingerprint density at radius 2 is 1.53 bits per heavy atom. The number of piperazine rings is 1. The van der Waals surface area contributed by atoms with E-state index in [4.69, 9.17) is 5.73 Å². The molecule has 7 heteroatoms. The van der Waals surface area contributed by atoms with Crippen molar-refractivity contribution in [3.63, 3.8) is 0 Å². The first-order valence-corrected chi connectivity index (χ1v) is 11.3. The van der Waals surface area contributed by atoms with Crippen LogP contribution < -0.4 is 10.6 Å². The first-order valence-electron chi connectivity index (χ1n) is 11.3. The molecule has 0 bridgehead atoms. The Morgan fingerprint density at radius 1 is 0.824 bits per heavy atom. The number of aromatic nitrogens is 3. The smallest absolute Gasteiger partial charge is 0.253 e. The van der Waals surface area contributed by atoms with Crippen LogP contribution in [0.4, 0.5) is 11.5 Å². The van der Waals surface area contributed by atoms with Gasteiger partial charge in [-0.05, 0) is 43.3 Å². The third-order valence-electron chi connectivity index (χ3n) is 6.21. The van der Waals surface area contributed by atoms with Crippen LogP contribution in [-0.4, -0.2) is 51.9 Å². The SMILES string of the molecule is Cc1ncnc(-c2ccc(C(=O)N3CCN(c4ccccc4)CC3)cc2)c1-c1ccc(N)nc1. The highest BCUT2D eigenvalue weighted by Crippen LogP contribution is 2.32. The Morgan fingerprint density at radius 3 is 2.21 bits per heavy atom. The largest absolute Gasteiger partial charge is 0.384 e. The first kappa shape index (κ1) is 21.6. The maximum Gasteiger partial charge on any atom is 0.253 e. The molecule has 2 aromatic carbocycles. The molecule has 1 aliphatic heterocycles. The summed E-state index contributed by atoms with van der Waals surface area (Å²) in [7, 11) is 0. The summed E-state index contributed by atoms with van der Waals surface area (Å²) >= 11 is 0. The monoisotopic (exact) mass is 450 g/mol. The maximum atomic E-state index is 13.1. The number of amides is 1. The molecule has 1 fully saturated rings. The number of aryl methyl sites for hydroxylation is 1. The predicted molar refractivity (Wildman–Crippen MR) is 134 cm³/mol. The second kappa shape index (κ2) is 9.31. The van der Waals surface area contributed by atoms with Gasteiger partial charge in [-0.25, -0.2) is 15.0 Å². The summed E-state index contributed by atoms with van der Waals surface area (Å²) in [6, 6.07) is 21.7. The van der Waals surface area contributed by atoms with E-state index in [1.807, 2.05) is 60.4 Å². The van der Waals surface area contributed by atoms with E-state index >= 15 is 0 Å². The molecule has 0 aliphatic carbocycles. The van der Waals surface area contributed by atoms with Crippen LogP contribution >= 0.6 is 0 Å². The summed E-state index contributed by atoms with van der Waals surface area (Å²) in [5.74, 6) is 0.522. The summed E-state index contributed by atoms with van der Waals surface area (Å²) < 4.78 is 0. The zero-order valence-electron chi connectivity index (χ0n) is 19.1. The number of nitrogens with two attached hydrogens (primary N) is 1. The minimum Gasteiger partial charge on any atom is -0.384 e. The van der Waals surface area contributed by atoms with Gasteiger partial charge in [-0.2, -0.15) is 0 Å². The normalized spacial score (nSPS) is 13.7. The van der Waals surface area contributed by atoms with Crippen molar-refractivity contribution in [3.05, 3.63) is 90.5 Å². The molecule has 0 unspecified atom stereocenters. The van der Waals surface area contributed by atoms with Gasteiger partial charge in [-0.3, -0.25) is 4.79 Å². The van der Waals surface area contributed by atoms with Crippen LogP contribution in [0, 0.1) is 6.92 Å². The molecule has 1 aliphatic rings. The second-order valence-electron chi connectivity index (χ2n) is 8.35. The lowest BCUT2D eigenvalue weighted by Crippen LogP contribution is -2.48. The van der Waals surface area contributed by atoms with Crippen molar-refractivity contribution in [1.29, 1.82) is 0 Å². The summed E-state index contributed by atoms with van der Waals surface area (Å²) in [6.07, 6.45) is 3.29. The third kappa shape index (κ3) is 4.32. The number of nitrogen functional groups attached to an aromatic ring is 1. The van der Waals surface area contributed by atoms with E-state index in [9.17, 15) is 4.79 Å². The molecule has 0 saturated carbocycles. The van der Waals surface area contributed by atoms with E-state index in [2.05, 4.69) is 32.0 Å². The number of nitrogens with zero attached hydrogens (tertiary/aromatic N) is 5. The molecule has 3 heterocycles. The van der Waals surface area contributed by atoms with E-state index in [0.717, 1.165) is 41.2 Å². The van der Waals surface area contributed by atoms with Crippen molar-refractivity contribution in [2.24, 2.45) is 0 Å². The number of anilines is 2. The van der Waals surface area contributed by atoms with Crippen LogP contribution in [0.15, 0.2) is 79.3 Å². The van der Waals surface area contributed by atoms with Crippen LogP contribution in [0.1, 0.15) is 16.1 Å². The molecule has 7 nitrogen and oxygen atoms in total. The van der Waals surface area contributed by atoms with E-state index in [-0.39, 0.29) is 5.91 Å². The van der Waals surface area contributed by atoms with E-state index in [1.165, 1.54) is 5.69 Å². The van der Waals surface area contributed by atoms with Crippen molar-refractivity contribution in [2.45, 2.75) is 6.92 Å². The molecule has 1 amide bonds. The van der Waals surface area contributed by atoms with Gasteiger partial charge in [0.1, 0.15) is 12.1 Å². The highest BCUT2D eigenvalue weighted by molar-refractivity contribution is 5.95. The number of benzene rings is 2. The second-order valence-corrected chi connectivity index (χ2v) is 8.35. The Kier molecular flexibility index (Phi) is 5.91. The average molecular weight is 451 g/mol.